The molecular weight excluding hydrogens is 552 g/mol. The summed E-state index contributed by atoms with van der Waals surface area (Å²) in [5.74, 6) is 0.339. The number of nitrogens with one attached hydrogen (secondary N) is 2. The second-order valence-corrected chi connectivity index (χ2v) is 10.8. The smallest absolute Gasteiger partial charge is 0.253 e. The SMILES string of the molecule is Cc1nc(-c2c(Cl)c3ccccc3n2-c2ccc(CNC(=O)C3(NC(=O)c4cnc5ccccc5c4)CC3)cc2)no1. The highest BCUT2D eigenvalue weighted by molar-refractivity contribution is 6.38. The Hall–Kier alpha value is -5.02. The molecule has 0 unspecified atom stereocenters. The van der Waals surface area contributed by atoms with Gasteiger partial charge in [-0.2, -0.15) is 4.98 Å². The zero-order chi connectivity index (χ0) is 28.8. The van der Waals surface area contributed by atoms with E-state index in [9.17, 15) is 9.59 Å². The van der Waals surface area contributed by atoms with E-state index in [2.05, 4.69) is 25.8 Å². The predicted octanol–water partition coefficient (Wildman–Crippen LogP) is 5.77. The van der Waals surface area contributed by atoms with Crippen molar-refractivity contribution in [3.8, 4) is 17.2 Å². The fourth-order valence-electron chi connectivity index (χ4n) is 5.20. The van der Waals surface area contributed by atoms with E-state index in [1.54, 1.807) is 19.2 Å². The lowest BCUT2D eigenvalue weighted by molar-refractivity contribution is -0.124. The number of carbonyl (C=O) groups excluding carboxylic acids is 2. The zero-order valence-corrected chi connectivity index (χ0v) is 23.4. The summed E-state index contributed by atoms with van der Waals surface area (Å²) in [4.78, 5) is 34.9. The first-order chi connectivity index (χ1) is 20.4. The summed E-state index contributed by atoms with van der Waals surface area (Å²) in [7, 11) is 0. The van der Waals surface area contributed by atoms with E-state index in [1.807, 2.05) is 77.4 Å². The van der Waals surface area contributed by atoms with Crippen LogP contribution in [0, 0.1) is 6.92 Å². The molecule has 1 aliphatic rings. The van der Waals surface area contributed by atoms with Gasteiger partial charge in [0.2, 0.25) is 17.6 Å². The Morgan fingerprint density at radius 2 is 1.79 bits per heavy atom. The van der Waals surface area contributed by atoms with E-state index in [0.717, 1.165) is 33.1 Å². The first-order valence-corrected chi connectivity index (χ1v) is 13.9. The molecule has 7 rings (SSSR count). The second kappa shape index (κ2) is 10.1. The number of pyridine rings is 1. The number of aromatic nitrogens is 4. The van der Waals surface area contributed by atoms with Crippen LogP contribution in [0.1, 0.15) is 34.7 Å². The van der Waals surface area contributed by atoms with Gasteiger partial charge in [0.05, 0.1) is 21.6 Å². The minimum absolute atomic E-state index is 0.202. The van der Waals surface area contributed by atoms with Crippen molar-refractivity contribution in [3.63, 3.8) is 0 Å². The zero-order valence-electron chi connectivity index (χ0n) is 22.6. The van der Waals surface area contributed by atoms with Gasteiger partial charge in [0.25, 0.3) is 5.91 Å². The number of benzene rings is 3. The van der Waals surface area contributed by atoms with Gasteiger partial charge in [-0.15, -0.1) is 0 Å². The summed E-state index contributed by atoms with van der Waals surface area (Å²) in [5, 5.41) is 12.3. The van der Waals surface area contributed by atoms with Crippen LogP contribution in [0.25, 0.3) is 39.0 Å². The van der Waals surface area contributed by atoms with Gasteiger partial charge in [-0.25, -0.2) is 0 Å². The Morgan fingerprint density at radius 1 is 1.02 bits per heavy atom. The largest absolute Gasteiger partial charge is 0.350 e. The van der Waals surface area contributed by atoms with Gasteiger partial charge in [0.1, 0.15) is 11.2 Å². The molecule has 10 heteroatoms. The Kier molecular flexibility index (Phi) is 6.24. The van der Waals surface area contributed by atoms with Crippen LogP contribution in [-0.2, 0) is 11.3 Å². The van der Waals surface area contributed by atoms with Crippen molar-refractivity contribution in [2.24, 2.45) is 0 Å². The highest BCUT2D eigenvalue weighted by Crippen LogP contribution is 2.39. The summed E-state index contributed by atoms with van der Waals surface area (Å²) in [6, 6.07) is 25.0. The third kappa shape index (κ3) is 4.57. The maximum atomic E-state index is 13.1. The number of carbonyl (C=O) groups is 2. The molecule has 3 aromatic heterocycles. The van der Waals surface area contributed by atoms with Crippen molar-refractivity contribution < 1.29 is 14.1 Å². The maximum Gasteiger partial charge on any atom is 0.253 e. The number of amides is 2. The monoisotopic (exact) mass is 576 g/mol. The Labute approximate surface area is 245 Å². The van der Waals surface area contributed by atoms with Crippen molar-refractivity contribution in [3.05, 3.63) is 107 Å². The Balaban J connectivity index is 1.07. The van der Waals surface area contributed by atoms with Crippen LogP contribution in [0.15, 0.2) is 89.6 Å². The van der Waals surface area contributed by atoms with Crippen LogP contribution in [0.4, 0.5) is 0 Å². The van der Waals surface area contributed by atoms with Crippen LogP contribution < -0.4 is 10.6 Å². The lowest BCUT2D eigenvalue weighted by atomic mass is 10.1. The van der Waals surface area contributed by atoms with E-state index in [-0.39, 0.29) is 11.8 Å². The highest BCUT2D eigenvalue weighted by Gasteiger charge is 2.51. The van der Waals surface area contributed by atoms with Crippen molar-refractivity contribution in [1.29, 1.82) is 0 Å². The van der Waals surface area contributed by atoms with E-state index >= 15 is 0 Å². The number of hydrogen-bond donors (Lipinski definition) is 2. The van der Waals surface area contributed by atoms with Crippen LogP contribution in [0.5, 0.6) is 0 Å². The van der Waals surface area contributed by atoms with E-state index in [1.165, 1.54) is 0 Å². The van der Waals surface area contributed by atoms with E-state index < -0.39 is 5.54 Å². The number of nitrogens with zero attached hydrogens (tertiary/aromatic N) is 4. The van der Waals surface area contributed by atoms with Crippen molar-refractivity contribution in [1.82, 2.24) is 30.3 Å². The fourth-order valence-corrected chi connectivity index (χ4v) is 5.52. The van der Waals surface area contributed by atoms with Crippen LogP contribution >= 0.6 is 11.6 Å². The molecule has 208 valence electrons. The fraction of sp³-hybridized carbons (Fsp3) is 0.156. The molecule has 3 aromatic carbocycles. The number of fused-ring (bicyclic) bond motifs is 2. The van der Waals surface area contributed by atoms with E-state index in [0.29, 0.717) is 47.4 Å². The third-order valence-electron chi connectivity index (χ3n) is 7.59. The number of hydrogen-bond acceptors (Lipinski definition) is 6. The lowest BCUT2D eigenvalue weighted by Crippen LogP contribution is -2.48. The minimum atomic E-state index is -0.902. The van der Waals surface area contributed by atoms with Crippen LogP contribution in [-0.4, -0.2) is 37.0 Å². The van der Waals surface area contributed by atoms with Crippen LogP contribution in [0.2, 0.25) is 5.02 Å². The predicted molar refractivity (Wildman–Crippen MR) is 159 cm³/mol. The number of aryl methyl sites for hydroxylation is 1. The van der Waals surface area contributed by atoms with Gasteiger partial charge in [-0.05, 0) is 48.7 Å². The van der Waals surface area contributed by atoms with E-state index in [4.69, 9.17) is 16.1 Å². The standard InChI is InChI=1S/C32H25ClN6O3/c1-19-36-29(38-42-19)28-27(33)24-7-3-5-9-26(24)39(28)23-12-10-20(11-13-23)17-35-31(41)32(14-15-32)37-30(40)22-16-21-6-2-4-8-25(21)34-18-22/h2-13,16,18H,14-15,17H2,1H3,(H,35,41)(H,37,40). The molecular formula is C32H25ClN6O3. The molecule has 0 spiro atoms. The van der Waals surface area contributed by atoms with Gasteiger partial charge in [-0.3, -0.25) is 14.6 Å². The van der Waals surface area contributed by atoms with Gasteiger partial charge >= 0.3 is 0 Å². The van der Waals surface area contributed by atoms with Crippen molar-refractivity contribution >= 4 is 45.2 Å². The summed E-state index contributed by atoms with van der Waals surface area (Å²) in [5.41, 5.74) is 3.66. The molecule has 0 aliphatic heterocycles. The first-order valence-electron chi connectivity index (χ1n) is 13.6. The third-order valence-corrected chi connectivity index (χ3v) is 7.97. The highest BCUT2D eigenvalue weighted by atomic mass is 35.5. The number of halogens is 1. The van der Waals surface area contributed by atoms with Gasteiger partial charge in [-0.1, -0.05) is 65.3 Å². The van der Waals surface area contributed by atoms with Gasteiger partial charge in [0.15, 0.2) is 0 Å². The molecule has 0 bridgehead atoms. The molecule has 0 atom stereocenters. The first kappa shape index (κ1) is 25.9. The van der Waals surface area contributed by atoms with Gasteiger partial charge in [0, 0.05) is 36.1 Å². The lowest BCUT2D eigenvalue weighted by Gasteiger charge is -2.17. The van der Waals surface area contributed by atoms with Crippen molar-refractivity contribution in [2.45, 2.75) is 31.8 Å². The molecule has 42 heavy (non-hydrogen) atoms. The Morgan fingerprint density at radius 3 is 2.55 bits per heavy atom. The molecule has 1 fully saturated rings. The summed E-state index contributed by atoms with van der Waals surface area (Å²) >= 11 is 6.80. The summed E-state index contributed by atoms with van der Waals surface area (Å²) in [6.07, 6.45) is 2.72. The molecule has 0 radical (unpaired) electrons. The quantitative estimate of drug-likeness (QED) is 0.249. The topological polar surface area (TPSA) is 115 Å². The van der Waals surface area contributed by atoms with Crippen LogP contribution in [0.3, 0.4) is 0 Å². The molecule has 9 nitrogen and oxygen atoms in total. The molecule has 2 N–H and O–H groups in total. The normalized spacial score (nSPS) is 13.8. The molecule has 3 heterocycles. The molecule has 1 saturated carbocycles. The minimum Gasteiger partial charge on any atom is -0.350 e. The molecule has 1 aliphatic carbocycles. The summed E-state index contributed by atoms with van der Waals surface area (Å²) < 4.78 is 7.23. The number of para-hydroxylation sites is 2. The average molecular weight is 577 g/mol. The molecule has 2 amide bonds. The summed E-state index contributed by atoms with van der Waals surface area (Å²) in [6.45, 7) is 2.05. The van der Waals surface area contributed by atoms with Crippen molar-refractivity contribution in [2.75, 3.05) is 0 Å². The van der Waals surface area contributed by atoms with Gasteiger partial charge < -0.3 is 19.7 Å². The maximum absolute atomic E-state index is 13.1. The average Bonchev–Trinajstić information content (AvgIpc) is 3.58. The Bertz CT molecular complexity index is 1990. The molecule has 6 aromatic rings. The second-order valence-electron chi connectivity index (χ2n) is 10.5. The number of rotatable bonds is 7. The molecule has 0 saturated heterocycles.